The van der Waals surface area contributed by atoms with E-state index in [1.165, 1.54) is 0 Å². The van der Waals surface area contributed by atoms with Crippen LogP contribution in [0.5, 0.6) is 0 Å². The van der Waals surface area contributed by atoms with Crippen molar-refractivity contribution in [3.8, 4) is 0 Å². The molecule has 13 heavy (non-hydrogen) atoms. The lowest BCUT2D eigenvalue weighted by molar-refractivity contribution is -0.121. The molecule has 0 aromatic rings. The molecule has 0 spiro atoms. The molecule has 0 saturated carbocycles. The van der Waals surface area contributed by atoms with Crippen molar-refractivity contribution in [2.75, 3.05) is 19.0 Å². The van der Waals surface area contributed by atoms with Crippen molar-refractivity contribution in [2.24, 2.45) is 5.92 Å². The third kappa shape index (κ3) is 3.56. The molecule has 1 N–H and O–H groups in total. The van der Waals surface area contributed by atoms with Crippen LogP contribution in [0.15, 0.2) is 0 Å². The maximum Gasteiger partial charge on any atom is 0.221 e. The van der Waals surface area contributed by atoms with Crippen LogP contribution in [0, 0.1) is 5.92 Å². The molecule has 1 saturated heterocycles. The maximum atomic E-state index is 11.2. The molecule has 2 unspecified atom stereocenters. The lowest BCUT2D eigenvalue weighted by Crippen LogP contribution is -2.38. The summed E-state index contributed by atoms with van der Waals surface area (Å²) < 4.78 is 5.25. The van der Waals surface area contributed by atoms with Gasteiger partial charge in [-0.1, -0.05) is 0 Å². The van der Waals surface area contributed by atoms with Crippen molar-refractivity contribution in [1.82, 2.24) is 5.32 Å². The fourth-order valence-electron chi connectivity index (χ4n) is 1.49. The molecule has 1 aliphatic heterocycles. The minimum absolute atomic E-state index is 0.0920. The Morgan fingerprint density at radius 1 is 1.77 bits per heavy atom. The average molecular weight is 203 g/mol. The summed E-state index contributed by atoms with van der Waals surface area (Å²) in [6, 6.07) is 0.231. The Kier molecular flexibility index (Phi) is 4.59. The Balaban J connectivity index is 2.22. The fraction of sp³-hybridized carbons (Fsp3) is 0.889. The van der Waals surface area contributed by atoms with Gasteiger partial charge >= 0.3 is 0 Å². The van der Waals surface area contributed by atoms with Crippen LogP contribution in [0.1, 0.15) is 19.8 Å². The van der Waals surface area contributed by atoms with Crippen LogP contribution in [0.25, 0.3) is 0 Å². The number of carbonyl (C=O) groups is 1. The smallest absolute Gasteiger partial charge is 0.221 e. The van der Waals surface area contributed by atoms with Crippen molar-refractivity contribution in [2.45, 2.75) is 25.8 Å². The molecule has 76 valence electrons. The first kappa shape index (κ1) is 10.9. The van der Waals surface area contributed by atoms with Gasteiger partial charge < -0.3 is 10.1 Å². The van der Waals surface area contributed by atoms with Gasteiger partial charge in [0.1, 0.15) is 0 Å². The van der Waals surface area contributed by atoms with E-state index in [-0.39, 0.29) is 11.9 Å². The number of hydrogen-bond donors (Lipinski definition) is 2. The fourth-order valence-corrected chi connectivity index (χ4v) is 1.70. The van der Waals surface area contributed by atoms with Crippen LogP contribution in [-0.4, -0.2) is 30.9 Å². The van der Waals surface area contributed by atoms with E-state index in [1.54, 1.807) is 0 Å². The molecule has 0 radical (unpaired) electrons. The Morgan fingerprint density at radius 3 is 3.08 bits per heavy atom. The molecular weight excluding hydrogens is 186 g/mol. The van der Waals surface area contributed by atoms with E-state index in [9.17, 15) is 4.79 Å². The predicted octanol–water partition coefficient (Wildman–Crippen LogP) is 0.848. The van der Waals surface area contributed by atoms with E-state index >= 15 is 0 Å². The number of carbonyl (C=O) groups excluding carboxylic acids is 1. The van der Waals surface area contributed by atoms with E-state index < -0.39 is 0 Å². The zero-order valence-corrected chi connectivity index (χ0v) is 8.85. The van der Waals surface area contributed by atoms with Crippen molar-refractivity contribution in [1.29, 1.82) is 0 Å². The van der Waals surface area contributed by atoms with E-state index in [1.807, 2.05) is 6.92 Å². The maximum absolute atomic E-state index is 11.2. The first-order valence-corrected chi connectivity index (χ1v) is 5.35. The summed E-state index contributed by atoms with van der Waals surface area (Å²) in [5.74, 6) is 1.19. The molecule has 3 nitrogen and oxygen atoms in total. The Hall–Kier alpha value is -0.220. The summed E-state index contributed by atoms with van der Waals surface area (Å²) in [5, 5.41) is 2.95. The van der Waals surface area contributed by atoms with E-state index in [2.05, 4.69) is 17.9 Å². The molecule has 0 aromatic carbocycles. The van der Waals surface area contributed by atoms with Gasteiger partial charge in [0.15, 0.2) is 0 Å². The molecule has 1 aliphatic rings. The van der Waals surface area contributed by atoms with Gasteiger partial charge in [-0.3, -0.25) is 4.79 Å². The number of nitrogens with one attached hydrogen (secondary N) is 1. The van der Waals surface area contributed by atoms with Gasteiger partial charge in [-0.25, -0.2) is 0 Å². The molecular formula is C9H17NO2S. The highest BCUT2D eigenvalue weighted by Gasteiger charge is 2.22. The van der Waals surface area contributed by atoms with Crippen LogP contribution < -0.4 is 5.32 Å². The number of amides is 1. The largest absolute Gasteiger partial charge is 0.381 e. The third-order valence-corrected chi connectivity index (χ3v) is 2.62. The van der Waals surface area contributed by atoms with Gasteiger partial charge in [-0.05, 0) is 19.1 Å². The molecule has 1 rings (SSSR count). The highest BCUT2D eigenvalue weighted by Crippen LogP contribution is 2.16. The van der Waals surface area contributed by atoms with Gasteiger partial charge in [0.05, 0.1) is 6.61 Å². The molecule has 0 aliphatic carbocycles. The van der Waals surface area contributed by atoms with Crippen LogP contribution in [0.3, 0.4) is 0 Å². The molecule has 0 aromatic heterocycles. The van der Waals surface area contributed by atoms with Crippen LogP contribution >= 0.6 is 12.6 Å². The number of ether oxygens (including phenoxy) is 1. The molecule has 1 heterocycles. The normalized spacial score (nSPS) is 24.3. The number of rotatable bonds is 4. The van der Waals surface area contributed by atoms with Crippen LogP contribution in [0.4, 0.5) is 0 Å². The van der Waals surface area contributed by atoms with Gasteiger partial charge in [0.2, 0.25) is 5.91 Å². The minimum atomic E-state index is 0.0920. The topological polar surface area (TPSA) is 38.3 Å². The summed E-state index contributed by atoms with van der Waals surface area (Å²) >= 11 is 4.01. The summed E-state index contributed by atoms with van der Waals surface area (Å²) in [4.78, 5) is 11.2. The Labute approximate surface area is 84.6 Å². The quantitative estimate of drug-likeness (QED) is 0.665. The first-order valence-electron chi connectivity index (χ1n) is 4.72. The summed E-state index contributed by atoms with van der Waals surface area (Å²) in [5.41, 5.74) is 0. The Morgan fingerprint density at radius 2 is 2.54 bits per heavy atom. The van der Waals surface area contributed by atoms with Crippen molar-refractivity contribution in [3.63, 3.8) is 0 Å². The average Bonchev–Trinajstić information content (AvgIpc) is 2.55. The van der Waals surface area contributed by atoms with Gasteiger partial charge in [-0.2, -0.15) is 12.6 Å². The second-order valence-electron chi connectivity index (χ2n) is 3.45. The summed E-state index contributed by atoms with van der Waals surface area (Å²) in [6.07, 6.45) is 1.56. The minimum Gasteiger partial charge on any atom is -0.381 e. The van der Waals surface area contributed by atoms with Crippen LogP contribution in [-0.2, 0) is 9.53 Å². The van der Waals surface area contributed by atoms with Crippen molar-refractivity contribution < 1.29 is 9.53 Å². The summed E-state index contributed by atoms with van der Waals surface area (Å²) in [7, 11) is 0. The number of thiol groups is 1. The zero-order valence-electron chi connectivity index (χ0n) is 7.95. The lowest BCUT2D eigenvalue weighted by atomic mass is 10.0. The monoisotopic (exact) mass is 203 g/mol. The standard InChI is InChI=1S/C9H17NO2S/c1-7(8-2-4-12-6-8)10-9(11)3-5-13/h7-8,13H,2-6H2,1H3,(H,10,11). The van der Waals surface area contributed by atoms with Crippen LogP contribution in [0.2, 0.25) is 0 Å². The second kappa shape index (κ2) is 5.50. The number of hydrogen-bond acceptors (Lipinski definition) is 3. The zero-order chi connectivity index (χ0) is 9.68. The van der Waals surface area contributed by atoms with E-state index in [0.29, 0.717) is 18.1 Å². The van der Waals surface area contributed by atoms with Crippen molar-refractivity contribution >= 4 is 18.5 Å². The van der Waals surface area contributed by atoms with E-state index in [0.717, 1.165) is 19.6 Å². The van der Waals surface area contributed by atoms with Gasteiger partial charge in [-0.15, -0.1) is 0 Å². The molecule has 1 fully saturated rings. The second-order valence-corrected chi connectivity index (χ2v) is 3.90. The van der Waals surface area contributed by atoms with E-state index in [4.69, 9.17) is 4.74 Å². The van der Waals surface area contributed by atoms with Gasteiger partial charge in [0.25, 0.3) is 0 Å². The lowest BCUT2D eigenvalue weighted by Gasteiger charge is -2.18. The van der Waals surface area contributed by atoms with Gasteiger partial charge in [0, 0.05) is 25.0 Å². The summed E-state index contributed by atoms with van der Waals surface area (Å²) in [6.45, 7) is 3.65. The molecule has 1 amide bonds. The molecule has 2 atom stereocenters. The SMILES string of the molecule is CC(NC(=O)CCS)C1CCOC1. The highest BCUT2D eigenvalue weighted by atomic mass is 32.1. The molecule has 0 bridgehead atoms. The van der Waals surface area contributed by atoms with Crippen molar-refractivity contribution in [3.05, 3.63) is 0 Å². The first-order chi connectivity index (χ1) is 6.24. The molecule has 4 heteroatoms. The highest BCUT2D eigenvalue weighted by molar-refractivity contribution is 7.80. The predicted molar refractivity (Wildman–Crippen MR) is 55.0 cm³/mol. The Bertz CT molecular complexity index is 169. The third-order valence-electron chi connectivity index (χ3n) is 2.40.